The maximum Gasteiger partial charge on any atom is 0.320 e. The van der Waals surface area contributed by atoms with Crippen LogP contribution in [0.4, 0.5) is 0 Å². The van der Waals surface area contributed by atoms with Crippen molar-refractivity contribution in [2.75, 3.05) is 111 Å². The highest BCUT2D eigenvalue weighted by atomic mass is 32.2. The molecule has 0 saturated carbocycles. The minimum absolute atomic E-state index is 0.0317. The molecule has 0 aromatic rings. The van der Waals surface area contributed by atoms with Crippen LogP contribution in [0.1, 0.15) is 64.2 Å². The molecule has 1 aliphatic rings. The molecule has 1 rings (SSSR count). The lowest BCUT2D eigenvalue weighted by Gasteiger charge is -2.24. The fourth-order valence-corrected chi connectivity index (χ4v) is 8.11. The first-order valence-corrected chi connectivity index (χ1v) is 27.0. The van der Waals surface area contributed by atoms with E-state index in [-0.39, 0.29) is 115 Å². The third-order valence-electron chi connectivity index (χ3n) is 9.81. The number of hydrogen-bond donors (Lipinski definition) is 12. The van der Waals surface area contributed by atoms with Gasteiger partial charge in [-0.3, -0.25) is 66.2 Å². The van der Waals surface area contributed by atoms with Crippen LogP contribution in [-0.4, -0.2) is 208 Å². The van der Waals surface area contributed by atoms with Crippen LogP contribution in [0.5, 0.6) is 0 Å². The average molecular weight is 1110 g/mol. The Morgan fingerprint density at radius 2 is 1.15 bits per heavy atom. The third-order valence-corrected chi connectivity index (χ3v) is 12.1. The van der Waals surface area contributed by atoms with E-state index in [4.69, 9.17) is 40.2 Å². The fourth-order valence-electron chi connectivity index (χ4n) is 6.07. The number of unbranched alkanes of at least 4 members (excludes halogenated alkanes) is 1. The van der Waals surface area contributed by atoms with Crippen LogP contribution >= 0.6 is 28.3 Å². The standard InChI is InChI=1S/C40H74N10O20P2S/c1-43-13-17-65-21-22-66-18-14-45-31(51)6-7-32(52)46-15-19-67-23-24-68-20-16-47-33(53)8-9-34(54)49-29(37(42)57)5-2-3-11-48-38(58)28(41)27-73-30-25-36(56)50(39(30)59)26-35(55)44-12-4-10-40(60,69-71(61)62)70-72(63)64/h28-30,43,60,71-72H,2-27,41H2,1H3,(H2,42,57)(H,44,55)(H,45,51)(H,46,52)(H,47,53)(H,48,58)(H,49,54)(H,61,62)(H,63,64)/t28-,29+,30?/m1/s1. The molecule has 0 bridgehead atoms. The van der Waals surface area contributed by atoms with Gasteiger partial charge in [0.15, 0.2) is 0 Å². The quantitative estimate of drug-likeness (QED) is 0.0118. The Kier molecular flexibility index (Phi) is 36.8. The first-order chi connectivity index (χ1) is 34.8. The van der Waals surface area contributed by atoms with Gasteiger partial charge in [0.2, 0.25) is 53.2 Å². The van der Waals surface area contributed by atoms with Crippen LogP contribution in [0.3, 0.4) is 0 Å². The highest BCUT2D eigenvalue weighted by molar-refractivity contribution is 8.00. The predicted octanol–water partition coefficient (Wildman–Crippen LogP) is -5.03. The van der Waals surface area contributed by atoms with Gasteiger partial charge in [0.05, 0.1) is 64.1 Å². The molecule has 1 heterocycles. The van der Waals surface area contributed by atoms with Crippen molar-refractivity contribution in [1.82, 2.24) is 42.1 Å². The van der Waals surface area contributed by atoms with Crippen molar-refractivity contribution in [2.24, 2.45) is 11.5 Å². The predicted molar refractivity (Wildman–Crippen MR) is 260 cm³/mol. The summed E-state index contributed by atoms with van der Waals surface area (Å²) in [6, 6.07) is -2.10. The highest BCUT2D eigenvalue weighted by Gasteiger charge is 2.40. The monoisotopic (exact) mass is 1110 g/mol. The number of carbonyl (C=O) groups excluding carboxylic acids is 9. The van der Waals surface area contributed by atoms with E-state index >= 15 is 0 Å². The topological polar surface area (TPSA) is 443 Å². The van der Waals surface area contributed by atoms with Crippen LogP contribution in [0.25, 0.3) is 0 Å². The zero-order valence-electron chi connectivity index (χ0n) is 40.9. The number of hydrogen-bond acceptors (Lipinski definition) is 21. The fraction of sp³-hybridized carbons (Fsp3) is 0.775. The SMILES string of the molecule is CNCCOCCOCCNC(=O)CCC(=O)NCCOCCOCCNC(=O)CCC(=O)N[C@@H](CCCCNC(=O)[C@H](N)CSC1CC(=O)N(CC(=O)NCCCC(O)(O[PH](=O)O)O[PH](=O)O)C1=O)C(N)=O. The summed E-state index contributed by atoms with van der Waals surface area (Å²) in [5, 5.41) is 27.5. The third kappa shape index (κ3) is 34.1. The van der Waals surface area contributed by atoms with E-state index in [1.807, 2.05) is 7.05 Å². The molecular formula is C40H74N10O20P2S. The van der Waals surface area contributed by atoms with Gasteiger partial charge < -0.3 is 82.5 Å². The second kappa shape index (κ2) is 40.2. The molecule has 9 amide bonds. The first kappa shape index (κ1) is 66.8. The van der Waals surface area contributed by atoms with Gasteiger partial charge in [-0.1, -0.05) is 0 Å². The number of likely N-dealkylation sites (N-methyl/N-ethyl adjacent to an activating group) is 1. The molecule has 14 N–H and O–H groups in total. The molecule has 0 aliphatic carbocycles. The Labute approximate surface area is 428 Å². The van der Waals surface area contributed by atoms with Gasteiger partial charge in [0, 0.05) is 83.5 Å². The van der Waals surface area contributed by atoms with Crippen LogP contribution in [-0.2, 0) is 80.3 Å². The van der Waals surface area contributed by atoms with E-state index in [2.05, 4.69) is 46.3 Å². The lowest BCUT2D eigenvalue weighted by Crippen LogP contribution is -2.45. The maximum atomic E-state index is 12.8. The van der Waals surface area contributed by atoms with Gasteiger partial charge in [-0.2, -0.15) is 0 Å². The van der Waals surface area contributed by atoms with Crippen molar-refractivity contribution in [3.05, 3.63) is 0 Å². The Morgan fingerprint density at radius 3 is 1.63 bits per heavy atom. The molecular weight excluding hydrogens is 1030 g/mol. The molecule has 33 heteroatoms. The Morgan fingerprint density at radius 1 is 0.685 bits per heavy atom. The molecule has 3 unspecified atom stereocenters. The molecule has 0 aromatic carbocycles. The van der Waals surface area contributed by atoms with E-state index in [0.717, 1.165) is 23.2 Å². The molecule has 1 fully saturated rings. The summed E-state index contributed by atoms with van der Waals surface area (Å²) in [7, 11) is -5.70. The number of nitrogens with two attached hydrogens (primary N) is 2. The van der Waals surface area contributed by atoms with Crippen LogP contribution in [0.2, 0.25) is 0 Å². The normalized spacial score (nSPS) is 15.9. The molecule has 5 atom stereocenters. The number of amides is 9. The largest absolute Gasteiger partial charge is 0.378 e. The van der Waals surface area contributed by atoms with Crippen molar-refractivity contribution in [3.63, 3.8) is 0 Å². The second-order valence-corrected chi connectivity index (χ2v) is 18.5. The summed E-state index contributed by atoms with van der Waals surface area (Å²) in [5.41, 5.74) is 11.4. The van der Waals surface area contributed by atoms with Crippen LogP contribution in [0, 0.1) is 0 Å². The minimum atomic E-state index is -3.77. The summed E-state index contributed by atoms with van der Waals surface area (Å²) in [4.78, 5) is 129. The van der Waals surface area contributed by atoms with E-state index in [1.165, 1.54) is 0 Å². The van der Waals surface area contributed by atoms with Crippen molar-refractivity contribution < 1.29 is 95.2 Å². The van der Waals surface area contributed by atoms with Crippen molar-refractivity contribution in [2.45, 2.75) is 87.5 Å². The molecule has 73 heavy (non-hydrogen) atoms. The summed E-state index contributed by atoms with van der Waals surface area (Å²) in [6.07, 6.45) is -0.422. The number of primary amides is 1. The Balaban J connectivity index is 2.15. The molecule has 1 saturated heterocycles. The number of carbonyl (C=O) groups is 9. The number of aliphatic hydroxyl groups is 1. The number of nitrogens with one attached hydrogen (secondary N) is 7. The summed E-state index contributed by atoms with van der Waals surface area (Å²) in [5.74, 6) is -7.86. The van der Waals surface area contributed by atoms with Crippen molar-refractivity contribution in [3.8, 4) is 0 Å². The van der Waals surface area contributed by atoms with E-state index in [9.17, 15) is 57.4 Å². The average Bonchev–Trinajstić information content (AvgIpc) is 3.59. The molecule has 0 radical (unpaired) electrons. The second-order valence-electron chi connectivity index (χ2n) is 15.8. The van der Waals surface area contributed by atoms with Crippen molar-refractivity contribution >= 4 is 81.4 Å². The van der Waals surface area contributed by atoms with Gasteiger partial charge >= 0.3 is 16.5 Å². The number of rotatable bonds is 45. The summed E-state index contributed by atoms with van der Waals surface area (Å²) >= 11 is 0.954. The highest BCUT2D eigenvalue weighted by Crippen LogP contribution is 2.35. The first-order valence-electron chi connectivity index (χ1n) is 23.4. The van der Waals surface area contributed by atoms with E-state index in [1.54, 1.807) is 0 Å². The van der Waals surface area contributed by atoms with Gasteiger partial charge in [-0.05, 0) is 32.7 Å². The minimum Gasteiger partial charge on any atom is -0.378 e. The van der Waals surface area contributed by atoms with E-state index in [0.29, 0.717) is 45.8 Å². The van der Waals surface area contributed by atoms with Gasteiger partial charge in [-0.25, -0.2) is 0 Å². The smallest absolute Gasteiger partial charge is 0.320 e. The Hall–Kier alpha value is -4.20. The van der Waals surface area contributed by atoms with E-state index < -0.39 is 94.1 Å². The molecule has 0 spiro atoms. The van der Waals surface area contributed by atoms with Crippen LogP contribution in [0.15, 0.2) is 0 Å². The maximum absolute atomic E-state index is 12.8. The summed E-state index contributed by atoms with van der Waals surface area (Å²) in [6.45, 7) is 3.51. The lowest BCUT2D eigenvalue weighted by atomic mass is 10.1. The number of nitrogens with zero attached hydrogens (tertiary/aromatic N) is 1. The Bertz CT molecular complexity index is 1780. The van der Waals surface area contributed by atoms with Gasteiger partial charge in [0.1, 0.15) is 12.6 Å². The number of ether oxygens (including phenoxy) is 4. The number of likely N-dealkylation sites (tertiary alicyclic amines) is 1. The van der Waals surface area contributed by atoms with Gasteiger partial charge in [0.25, 0.3) is 5.97 Å². The number of thioether (sulfide) groups is 1. The number of imide groups is 1. The molecule has 0 aromatic heterocycles. The molecule has 1 aliphatic heterocycles. The van der Waals surface area contributed by atoms with Crippen molar-refractivity contribution in [1.29, 1.82) is 0 Å². The van der Waals surface area contributed by atoms with Crippen LogP contribution < -0.4 is 48.7 Å². The lowest BCUT2D eigenvalue weighted by molar-refractivity contribution is -0.277. The van der Waals surface area contributed by atoms with Gasteiger partial charge in [-0.15, -0.1) is 11.8 Å². The molecule has 30 nitrogen and oxygen atoms in total. The molecule has 420 valence electrons. The summed E-state index contributed by atoms with van der Waals surface area (Å²) < 4.78 is 51.9. The zero-order valence-corrected chi connectivity index (χ0v) is 43.7. The zero-order chi connectivity index (χ0) is 54.4.